The summed E-state index contributed by atoms with van der Waals surface area (Å²) >= 11 is 0. The number of hydrogen-bond acceptors (Lipinski definition) is 6. The first-order valence-electron chi connectivity index (χ1n) is 5.20. The second kappa shape index (κ2) is 4.44. The number of carbonyl (C=O) groups is 2. The number of nitrogens with zero attached hydrogens (tertiary/aromatic N) is 3. The lowest BCUT2D eigenvalue weighted by Crippen LogP contribution is -2.28. The average molecular weight is 265 g/mol. The molecule has 1 aliphatic rings. The number of amides is 2. The molecule has 1 aromatic rings. The van der Waals surface area contributed by atoms with Crippen LogP contribution < -0.4 is 4.90 Å². The molecule has 0 saturated carbocycles. The minimum Gasteiger partial charge on any atom is -0.274 e. The van der Waals surface area contributed by atoms with Crippen molar-refractivity contribution in [1.29, 1.82) is 0 Å². The van der Waals surface area contributed by atoms with Crippen molar-refractivity contribution in [2.45, 2.75) is 12.8 Å². The van der Waals surface area contributed by atoms with Gasteiger partial charge in [-0.3, -0.25) is 34.7 Å². The van der Waals surface area contributed by atoms with E-state index in [0.29, 0.717) is 0 Å². The summed E-state index contributed by atoms with van der Waals surface area (Å²) in [5, 5.41) is 21.4. The second-order valence-corrected chi connectivity index (χ2v) is 3.81. The summed E-state index contributed by atoms with van der Waals surface area (Å²) in [6.45, 7) is 0. The highest BCUT2D eigenvalue weighted by atomic mass is 16.6. The van der Waals surface area contributed by atoms with E-state index in [0.717, 1.165) is 23.1 Å². The molecule has 0 aromatic heterocycles. The molecule has 19 heavy (non-hydrogen) atoms. The lowest BCUT2D eigenvalue weighted by molar-refractivity contribution is -0.422. The smallest absolute Gasteiger partial charge is 0.274 e. The summed E-state index contributed by atoms with van der Waals surface area (Å²) < 4.78 is 0. The van der Waals surface area contributed by atoms with Crippen LogP contribution in [-0.4, -0.2) is 21.7 Å². The zero-order valence-corrected chi connectivity index (χ0v) is 9.44. The second-order valence-electron chi connectivity index (χ2n) is 3.81. The van der Waals surface area contributed by atoms with Crippen molar-refractivity contribution in [3.8, 4) is 0 Å². The van der Waals surface area contributed by atoms with Crippen molar-refractivity contribution in [2.24, 2.45) is 0 Å². The van der Waals surface area contributed by atoms with Gasteiger partial charge in [0.05, 0.1) is 15.5 Å². The van der Waals surface area contributed by atoms with Crippen LogP contribution in [0.25, 0.3) is 0 Å². The molecule has 9 nitrogen and oxygen atoms in total. The van der Waals surface area contributed by atoms with Gasteiger partial charge in [-0.15, -0.1) is 0 Å². The maximum Gasteiger partial charge on any atom is 0.348 e. The summed E-state index contributed by atoms with van der Waals surface area (Å²) in [4.78, 5) is 43.4. The number of benzene rings is 1. The Morgan fingerprint density at radius 2 is 1.47 bits per heavy atom. The van der Waals surface area contributed by atoms with Gasteiger partial charge < -0.3 is 0 Å². The summed E-state index contributed by atoms with van der Waals surface area (Å²) in [6, 6.07) is 2.91. The van der Waals surface area contributed by atoms with Crippen molar-refractivity contribution in [1.82, 2.24) is 0 Å². The Balaban J connectivity index is 2.52. The van der Waals surface area contributed by atoms with Gasteiger partial charge in [-0.1, -0.05) is 0 Å². The third-order valence-electron chi connectivity index (χ3n) is 2.66. The Morgan fingerprint density at radius 3 is 1.95 bits per heavy atom. The first kappa shape index (κ1) is 12.6. The normalized spacial score (nSPS) is 14.8. The van der Waals surface area contributed by atoms with Crippen LogP contribution >= 0.6 is 0 Å². The molecule has 2 rings (SSSR count). The summed E-state index contributed by atoms with van der Waals surface area (Å²) in [6.07, 6.45) is 0.0627. The van der Waals surface area contributed by atoms with Crippen molar-refractivity contribution in [3.05, 3.63) is 38.4 Å². The fourth-order valence-electron chi connectivity index (χ4n) is 1.82. The molecule has 1 saturated heterocycles. The van der Waals surface area contributed by atoms with Gasteiger partial charge in [0.1, 0.15) is 0 Å². The van der Waals surface area contributed by atoms with Gasteiger partial charge in [-0.05, 0) is 6.07 Å². The molecule has 0 N–H and O–H groups in total. The first-order valence-corrected chi connectivity index (χ1v) is 5.20. The molecule has 0 atom stereocenters. The Bertz CT molecular complexity index is 595. The maximum atomic E-state index is 11.5. The maximum absolute atomic E-state index is 11.5. The molecular formula is C10H7N3O6. The number of carbonyl (C=O) groups excluding carboxylic acids is 2. The highest BCUT2D eigenvalue weighted by Crippen LogP contribution is 2.33. The molecule has 0 spiro atoms. The van der Waals surface area contributed by atoms with Crippen LogP contribution in [-0.2, 0) is 9.59 Å². The molecule has 1 heterocycles. The summed E-state index contributed by atoms with van der Waals surface area (Å²) in [5.41, 5.74) is -1.47. The molecule has 0 unspecified atom stereocenters. The minimum absolute atomic E-state index is 0.0233. The van der Waals surface area contributed by atoms with Crippen LogP contribution in [0.1, 0.15) is 12.8 Å². The molecule has 98 valence electrons. The Hall–Kier alpha value is -2.84. The Kier molecular flexibility index (Phi) is 2.95. The highest BCUT2D eigenvalue weighted by molar-refractivity contribution is 6.20. The van der Waals surface area contributed by atoms with Crippen molar-refractivity contribution < 1.29 is 19.4 Å². The van der Waals surface area contributed by atoms with E-state index in [1.165, 1.54) is 0 Å². The van der Waals surface area contributed by atoms with Gasteiger partial charge >= 0.3 is 11.4 Å². The van der Waals surface area contributed by atoms with E-state index in [9.17, 15) is 29.8 Å². The number of hydrogen-bond donors (Lipinski definition) is 0. The SMILES string of the molecule is O=C1CCC(=O)N1c1ccc([N+](=O)[O-])c([N+](=O)[O-])c1. The summed E-state index contributed by atoms with van der Waals surface area (Å²) in [7, 11) is 0. The van der Waals surface area contributed by atoms with E-state index in [-0.39, 0.29) is 18.5 Å². The fraction of sp³-hybridized carbons (Fsp3) is 0.200. The van der Waals surface area contributed by atoms with Crippen molar-refractivity contribution in [3.63, 3.8) is 0 Å². The average Bonchev–Trinajstić information content (AvgIpc) is 2.68. The Labute approximate surface area is 105 Å². The van der Waals surface area contributed by atoms with E-state index in [1.54, 1.807) is 0 Å². The van der Waals surface area contributed by atoms with Gasteiger partial charge in [0.2, 0.25) is 11.8 Å². The lowest BCUT2D eigenvalue weighted by Gasteiger charge is -2.13. The highest BCUT2D eigenvalue weighted by Gasteiger charge is 2.33. The molecule has 1 fully saturated rings. The monoisotopic (exact) mass is 265 g/mol. The van der Waals surface area contributed by atoms with E-state index < -0.39 is 33.0 Å². The largest absolute Gasteiger partial charge is 0.348 e. The molecule has 2 amide bonds. The van der Waals surface area contributed by atoms with Gasteiger partial charge in [-0.2, -0.15) is 0 Å². The quantitative estimate of drug-likeness (QED) is 0.458. The molecule has 1 aliphatic heterocycles. The van der Waals surface area contributed by atoms with Crippen molar-refractivity contribution in [2.75, 3.05) is 4.90 Å². The minimum atomic E-state index is -0.924. The lowest BCUT2D eigenvalue weighted by atomic mass is 10.2. The predicted octanol–water partition coefficient (Wildman–Crippen LogP) is 1.16. The fourth-order valence-corrected chi connectivity index (χ4v) is 1.82. The Morgan fingerprint density at radius 1 is 0.947 bits per heavy atom. The number of rotatable bonds is 3. The standard InChI is InChI=1S/C10H7N3O6/c14-9-3-4-10(15)11(9)6-1-2-7(12(16)17)8(5-6)13(18)19/h1-2,5H,3-4H2. The number of imide groups is 1. The molecule has 0 aliphatic carbocycles. The zero-order chi connectivity index (χ0) is 14.2. The van der Waals surface area contributed by atoms with Crippen LogP contribution in [0.2, 0.25) is 0 Å². The van der Waals surface area contributed by atoms with Gasteiger partial charge in [0, 0.05) is 25.0 Å². The molecular weight excluding hydrogens is 258 g/mol. The first-order chi connectivity index (χ1) is 8.91. The molecule has 0 bridgehead atoms. The van der Waals surface area contributed by atoms with Crippen molar-refractivity contribution >= 4 is 28.9 Å². The van der Waals surface area contributed by atoms with Gasteiger partial charge in [-0.25, -0.2) is 0 Å². The third-order valence-corrected chi connectivity index (χ3v) is 2.66. The van der Waals surface area contributed by atoms with E-state index >= 15 is 0 Å². The third kappa shape index (κ3) is 2.12. The van der Waals surface area contributed by atoms with Crippen LogP contribution in [0, 0.1) is 20.2 Å². The van der Waals surface area contributed by atoms with Crippen LogP contribution in [0.4, 0.5) is 17.1 Å². The number of nitro benzene ring substituents is 2. The van der Waals surface area contributed by atoms with Gasteiger partial charge in [0.25, 0.3) is 0 Å². The topological polar surface area (TPSA) is 124 Å². The van der Waals surface area contributed by atoms with E-state index in [1.807, 2.05) is 0 Å². The number of anilines is 1. The zero-order valence-electron chi connectivity index (χ0n) is 9.44. The van der Waals surface area contributed by atoms with Crippen LogP contribution in [0.3, 0.4) is 0 Å². The summed E-state index contributed by atoms with van der Waals surface area (Å²) in [5.74, 6) is -0.957. The predicted molar refractivity (Wildman–Crippen MR) is 61.5 cm³/mol. The molecule has 0 radical (unpaired) electrons. The van der Waals surface area contributed by atoms with Gasteiger partial charge in [0.15, 0.2) is 0 Å². The van der Waals surface area contributed by atoms with Crippen LogP contribution in [0.15, 0.2) is 18.2 Å². The number of nitro groups is 2. The van der Waals surface area contributed by atoms with E-state index in [2.05, 4.69) is 0 Å². The van der Waals surface area contributed by atoms with E-state index in [4.69, 9.17) is 0 Å². The molecule has 1 aromatic carbocycles. The van der Waals surface area contributed by atoms with Crippen LogP contribution in [0.5, 0.6) is 0 Å². The molecule has 9 heteroatoms.